The Balaban J connectivity index is 1.31. The number of para-hydroxylation sites is 1. The highest BCUT2D eigenvalue weighted by Gasteiger charge is 2.32. The van der Waals surface area contributed by atoms with Gasteiger partial charge < -0.3 is 14.1 Å². The third-order valence-corrected chi connectivity index (χ3v) is 6.44. The van der Waals surface area contributed by atoms with E-state index in [1.807, 2.05) is 25.2 Å². The lowest BCUT2D eigenvalue weighted by Crippen LogP contribution is -2.41. The van der Waals surface area contributed by atoms with Gasteiger partial charge in [0, 0.05) is 44.8 Å². The summed E-state index contributed by atoms with van der Waals surface area (Å²) in [4.78, 5) is 38.2. The Kier molecular flexibility index (Phi) is 5.57. The number of amides is 3. The number of carbonyl (C=O) groups excluding carboxylic acids is 3. The molecule has 4 heterocycles. The molecule has 0 saturated carbocycles. The van der Waals surface area contributed by atoms with Crippen molar-refractivity contribution >= 4 is 40.2 Å². The van der Waals surface area contributed by atoms with E-state index in [0.717, 1.165) is 10.9 Å². The number of furan rings is 1. The lowest BCUT2D eigenvalue weighted by Gasteiger charge is -2.31. The Morgan fingerprint density at radius 1 is 1.18 bits per heavy atom. The molecule has 1 unspecified atom stereocenters. The minimum absolute atomic E-state index is 0.0613. The monoisotopic (exact) mass is 470 g/mol. The van der Waals surface area contributed by atoms with Gasteiger partial charge in [-0.15, -0.1) is 0 Å². The van der Waals surface area contributed by atoms with Crippen LogP contribution in [0.15, 0.2) is 34.7 Å². The molecule has 5 rings (SSSR count). The first-order valence-corrected chi connectivity index (χ1v) is 11.3. The van der Waals surface area contributed by atoms with Crippen molar-refractivity contribution in [2.75, 3.05) is 13.1 Å². The first-order chi connectivity index (χ1) is 15.9. The first kappa shape index (κ1) is 21.5. The Labute approximate surface area is 194 Å². The third kappa shape index (κ3) is 4.08. The molecule has 0 spiro atoms. The molecule has 33 heavy (non-hydrogen) atoms. The number of likely N-dealkylation sites (tertiary alicyclic amines) is 1. The third-order valence-electron chi connectivity index (χ3n) is 6.23. The van der Waals surface area contributed by atoms with Crippen LogP contribution in [0.1, 0.15) is 47.8 Å². The topological polar surface area (TPSA) is 107 Å². The molecule has 2 saturated heterocycles. The Hall–Kier alpha value is -3.33. The zero-order valence-corrected chi connectivity index (χ0v) is 18.8. The Bertz CT molecular complexity index is 1240. The van der Waals surface area contributed by atoms with Crippen molar-refractivity contribution in [3.05, 3.63) is 47.0 Å². The van der Waals surface area contributed by atoms with Crippen molar-refractivity contribution in [3.63, 3.8) is 0 Å². The van der Waals surface area contributed by atoms with E-state index in [1.54, 1.807) is 21.7 Å². The van der Waals surface area contributed by atoms with Crippen LogP contribution in [0.5, 0.6) is 5.75 Å². The SMILES string of the molecule is Cn1nc(C2CCC(=O)NC2=O)c2cccc(OC3CCN(C(=O)c4ccc(Cl)o4)CC3)c21. The van der Waals surface area contributed by atoms with Crippen LogP contribution in [0.2, 0.25) is 5.22 Å². The molecule has 2 fully saturated rings. The van der Waals surface area contributed by atoms with Gasteiger partial charge in [-0.3, -0.25) is 24.4 Å². The summed E-state index contributed by atoms with van der Waals surface area (Å²) in [6, 6.07) is 8.83. The second kappa shape index (κ2) is 8.55. The number of piperidine rings is 2. The molecular weight excluding hydrogens is 448 g/mol. The van der Waals surface area contributed by atoms with E-state index < -0.39 is 5.92 Å². The van der Waals surface area contributed by atoms with Crippen LogP contribution in [0, 0.1) is 0 Å². The fourth-order valence-electron chi connectivity index (χ4n) is 4.58. The number of halogens is 1. The number of hydrogen-bond acceptors (Lipinski definition) is 6. The number of aryl methyl sites for hydroxylation is 1. The van der Waals surface area contributed by atoms with E-state index in [4.69, 9.17) is 20.8 Å². The van der Waals surface area contributed by atoms with Crippen LogP contribution in [0.3, 0.4) is 0 Å². The predicted molar refractivity (Wildman–Crippen MR) is 119 cm³/mol. The van der Waals surface area contributed by atoms with Gasteiger partial charge >= 0.3 is 0 Å². The average Bonchev–Trinajstić information content (AvgIpc) is 3.38. The summed E-state index contributed by atoms with van der Waals surface area (Å²) >= 11 is 5.78. The maximum absolute atomic E-state index is 12.6. The van der Waals surface area contributed by atoms with Gasteiger partial charge in [0.1, 0.15) is 17.4 Å². The van der Waals surface area contributed by atoms with Crippen LogP contribution in [-0.4, -0.2) is 51.6 Å². The first-order valence-electron chi connectivity index (χ1n) is 10.9. The highest BCUT2D eigenvalue weighted by molar-refractivity contribution is 6.29. The van der Waals surface area contributed by atoms with Gasteiger partial charge in [-0.05, 0) is 36.2 Å². The summed E-state index contributed by atoms with van der Waals surface area (Å²) in [5, 5.41) is 8.04. The summed E-state index contributed by atoms with van der Waals surface area (Å²) in [5.41, 5.74) is 1.46. The quantitative estimate of drug-likeness (QED) is 0.587. The van der Waals surface area contributed by atoms with Gasteiger partial charge in [-0.25, -0.2) is 0 Å². The minimum Gasteiger partial charge on any atom is -0.488 e. The van der Waals surface area contributed by atoms with E-state index >= 15 is 0 Å². The second-order valence-corrected chi connectivity index (χ2v) is 8.75. The van der Waals surface area contributed by atoms with E-state index in [-0.39, 0.29) is 34.8 Å². The number of imide groups is 1. The summed E-state index contributed by atoms with van der Waals surface area (Å²) in [5.74, 6) is -0.287. The summed E-state index contributed by atoms with van der Waals surface area (Å²) < 4.78 is 13.3. The van der Waals surface area contributed by atoms with Gasteiger partial charge in [0.15, 0.2) is 11.0 Å². The van der Waals surface area contributed by atoms with Crippen molar-refractivity contribution in [1.82, 2.24) is 20.0 Å². The number of hydrogen-bond donors (Lipinski definition) is 1. The number of aromatic nitrogens is 2. The van der Waals surface area contributed by atoms with Crippen molar-refractivity contribution in [3.8, 4) is 5.75 Å². The number of carbonyl (C=O) groups is 3. The molecule has 0 radical (unpaired) electrons. The lowest BCUT2D eigenvalue weighted by atomic mass is 9.93. The summed E-state index contributed by atoms with van der Waals surface area (Å²) in [6.45, 7) is 1.09. The van der Waals surface area contributed by atoms with Crippen molar-refractivity contribution in [2.45, 2.75) is 37.7 Å². The van der Waals surface area contributed by atoms with Crippen LogP contribution in [0.4, 0.5) is 0 Å². The largest absolute Gasteiger partial charge is 0.488 e. The molecule has 3 aromatic rings. The van der Waals surface area contributed by atoms with Gasteiger partial charge in [0.25, 0.3) is 5.91 Å². The van der Waals surface area contributed by atoms with Crippen LogP contribution < -0.4 is 10.1 Å². The van der Waals surface area contributed by atoms with Crippen LogP contribution >= 0.6 is 11.6 Å². The lowest BCUT2D eigenvalue weighted by molar-refractivity contribution is -0.134. The Morgan fingerprint density at radius 3 is 2.67 bits per heavy atom. The fraction of sp³-hybridized carbons (Fsp3) is 0.391. The molecule has 2 aromatic heterocycles. The minimum atomic E-state index is -0.467. The van der Waals surface area contributed by atoms with Gasteiger partial charge in [0.2, 0.25) is 11.8 Å². The van der Waals surface area contributed by atoms with E-state index in [2.05, 4.69) is 10.4 Å². The van der Waals surface area contributed by atoms with Crippen LogP contribution in [-0.2, 0) is 16.6 Å². The number of nitrogens with zero attached hydrogens (tertiary/aromatic N) is 3. The molecule has 0 bridgehead atoms. The van der Waals surface area contributed by atoms with E-state index in [1.165, 1.54) is 0 Å². The number of rotatable bonds is 4. The zero-order chi connectivity index (χ0) is 23.1. The molecule has 2 aliphatic rings. The molecule has 1 N–H and O–H groups in total. The van der Waals surface area contributed by atoms with Crippen LogP contribution in [0.25, 0.3) is 10.9 Å². The molecule has 1 atom stereocenters. The van der Waals surface area contributed by atoms with Crippen molar-refractivity contribution in [1.29, 1.82) is 0 Å². The van der Waals surface area contributed by atoms with E-state index in [9.17, 15) is 14.4 Å². The smallest absolute Gasteiger partial charge is 0.289 e. The van der Waals surface area contributed by atoms with Gasteiger partial charge in [-0.2, -0.15) is 5.10 Å². The fourth-order valence-corrected chi connectivity index (χ4v) is 4.72. The number of ether oxygens (including phenoxy) is 1. The summed E-state index contributed by atoms with van der Waals surface area (Å²) in [6.07, 6.45) is 2.03. The molecular formula is C23H23ClN4O5. The van der Waals surface area contributed by atoms with Gasteiger partial charge in [-0.1, -0.05) is 12.1 Å². The zero-order valence-electron chi connectivity index (χ0n) is 18.0. The van der Waals surface area contributed by atoms with Crippen molar-refractivity contribution < 1.29 is 23.5 Å². The normalized spacial score (nSPS) is 19.7. The Morgan fingerprint density at radius 2 is 1.97 bits per heavy atom. The standard InChI is InChI=1S/C23H23ClN4O5/c1-27-21-14(20(26-27)15-5-8-19(29)25-22(15)30)3-2-4-16(21)32-13-9-11-28(12-10-13)23(31)17-6-7-18(24)33-17/h2-4,6-7,13,15H,5,8-12H2,1H3,(H,25,29,30). The maximum Gasteiger partial charge on any atom is 0.289 e. The average molecular weight is 471 g/mol. The number of fused-ring (bicyclic) bond motifs is 1. The van der Waals surface area contributed by atoms with Gasteiger partial charge in [0.05, 0.1) is 11.6 Å². The van der Waals surface area contributed by atoms with E-state index in [0.29, 0.717) is 50.2 Å². The number of nitrogens with one attached hydrogen (secondary N) is 1. The predicted octanol–water partition coefficient (Wildman–Crippen LogP) is 3.02. The highest BCUT2D eigenvalue weighted by atomic mass is 35.5. The van der Waals surface area contributed by atoms with Crippen molar-refractivity contribution in [2.24, 2.45) is 7.05 Å². The molecule has 172 valence electrons. The highest BCUT2D eigenvalue weighted by Crippen LogP contribution is 2.35. The molecule has 3 amide bonds. The summed E-state index contributed by atoms with van der Waals surface area (Å²) in [7, 11) is 1.82. The molecule has 1 aromatic carbocycles. The maximum atomic E-state index is 12.6. The second-order valence-electron chi connectivity index (χ2n) is 8.38. The molecule has 0 aliphatic carbocycles. The molecule has 9 nitrogen and oxygen atoms in total. The molecule has 10 heteroatoms. The molecule has 2 aliphatic heterocycles. The number of benzene rings is 1.